The minimum absolute atomic E-state index is 0.0737. The van der Waals surface area contributed by atoms with Crippen molar-refractivity contribution in [2.24, 2.45) is 0 Å². The second kappa shape index (κ2) is 7.00. The van der Waals surface area contributed by atoms with Crippen LogP contribution in [-0.4, -0.2) is 37.2 Å². The lowest BCUT2D eigenvalue weighted by atomic mass is 10.2. The first kappa shape index (κ1) is 17.9. The first-order chi connectivity index (χ1) is 14.1. The van der Waals surface area contributed by atoms with E-state index in [9.17, 15) is 4.39 Å². The smallest absolute Gasteiger partial charge is 0.227 e. The maximum absolute atomic E-state index is 14.2. The standard InChI is InChI=1S/C19H18ClFN8/c1-29(8-11-4-5-13-17(16(11)20)24-9-23-13)19-22-7-12(21)18(26-19)25-15-6-14(27-28-15)10-2-3-10/h4-7,9-10H,2-3,8H2,1H3,(H,23,24)(H2,22,25,26,27,28). The maximum Gasteiger partial charge on any atom is 0.227 e. The number of fused-ring (bicyclic) bond motifs is 1. The predicted molar refractivity (Wildman–Crippen MR) is 109 cm³/mol. The summed E-state index contributed by atoms with van der Waals surface area (Å²) in [5.41, 5.74) is 3.51. The predicted octanol–water partition coefficient (Wildman–Crippen LogP) is 4.13. The number of aromatic nitrogens is 6. The van der Waals surface area contributed by atoms with Gasteiger partial charge in [0.2, 0.25) is 5.95 Å². The highest BCUT2D eigenvalue weighted by Crippen LogP contribution is 2.39. The highest BCUT2D eigenvalue weighted by molar-refractivity contribution is 6.35. The molecule has 1 aliphatic rings. The molecule has 148 valence electrons. The molecular weight excluding hydrogens is 395 g/mol. The minimum Gasteiger partial charge on any atom is -0.345 e. The first-order valence-corrected chi connectivity index (χ1v) is 9.63. The Morgan fingerprint density at radius 1 is 1.31 bits per heavy atom. The molecule has 3 aromatic heterocycles. The molecule has 3 heterocycles. The van der Waals surface area contributed by atoms with Crippen molar-refractivity contribution >= 4 is 40.2 Å². The van der Waals surface area contributed by atoms with Gasteiger partial charge in [0, 0.05) is 31.3 Å². The number of nitrogens with zero attached hydrogens (tertiary/aromatic N) is 5. The van der Waals surface area contributed by atoms with Crippen LogP contribution in [0, 0.1) is 5.82 Å². The molecule has 1 saturated carbocycles. The molecule has 1 aromatic carbocycles. The fraction of sp³-hybridized carbons (Fsp3) is 0.263. The van der Waals surface area contributed by atoms with Gasteiger partial charge in [-0.3, -0.25) is 5.10 Å². The van der Waals surface area contributed by atoms with Crippen LogP contribution in [0.3, 0.4) is 0 Å². The van der Waals surface area contributed by atoms with E-state index in [-0.39, 0.29) is 5.82 Å². The topological polar surface area (TPSA) is 98.4 Å². The number of nitrogens with one attached hydrogen (secondary N) is 3. The lowest BCUT2D eigenvalue weighted by Gasteiger charge is -2.18. The molecule has 0 aliphatic heterocycles. The van der Waals surface area contributed by atoms with Crippen LogP contribution in [0.1, 0.15) is 30.0 Å². The molecule has 29 heavy (non-hydrogen) atoms. The molecule has 1 aliphatic carbocycles. The van der Waals surface area contributed by atoms with Gasteiger partial charge in [-0.25, -0.2) is 14.4 Å². The number of rotatable bonds is 6. The Hall–Kier alpha value is -3.20. The summed E-state index contributed by atoms with van der Waals surface area (Å²) >= 11 is 6.48. The molecule has 0 amide bonds. The van der Waals surface area contributed by atoms with E-state index in [4.69, 9.17) is 11.6 Å². The SMILES string of the molecule is CN(Cc1ccc2[nH]cnc2c1Cl)c1ncc(F)c(Nc2cc(C3CC3)[nH]n2)n1. The third-order valence-electron chi connectivity index (χ3n) is 4.95. The number of aromatic amines is 2. The summed E-state index contributed by atoms with van der Waals surface area (Å²) in [5, 5.41) is 10.7. The number of halogens is 2. The molecule has 0 spiro atoms. The quantitative estimate of drug-likeness (QED) is 0.440. The van der Waals surface area contributed by atoms with Crippen molar-refractivity contribution in [3.8, 4) is 0 Å². The van der Waals surface area contributed by atoms with E-state index in [1.54, 1.807) is 11.2 Å². The number of anilines is 3. The van der Waals surface area contributed by atoms with Crippen molar-refractivity contribution in [2.45, 2.75) is 25.3 Å². The van der Waals surface area contributed by atoms with Gasteiger partial charge in [-0.1, -0.05) is 17.7 Å². The maximum atomic E-state index is 14.2. The molecule has 0 atom stereocenters. The average Bonchev–Trinajstić information content (AvgIpc) is 3.26. The van der Waals surface area contributed by atoms with Crippen LogP contribution < -0.4 is 10.2 Å². The molecule has 0 saturated heterocycles. The molecule has 4 aromatic rings. The number of hydrogen-bond acceptors (Lipinski definition) is 6. The summed E-state index contributed by atoms with van der Waals surface area (Å²) < 4.78 is 14.2. The van der Waals surface area contributed by atoms with E-state index >= 15 is 0 Å². The van der Waals surface area contributed by atoms with E-state index in [2.05, 4.69) is 35.5 Å². The third kappa shape index (κ3) is 3.49. The van der Waals surface area contributed by atoms with Gasteiger partial charge in [0.1, 0.15) is 5.52 Å². The van der Waals surface area contributed by atoms with Crippen molar-refractivity contribution in [1.82, 2.24) is 30.1 Å². The monoisotopic (exact) mass is 412 g/mol. The Labute approximate surface area is 170 Å². The molecule has 0 unspecified atom stereocenters. The summed E-state index contributed by atoms with van der Waals surface area (Å²) in [6.07, 6.45) is 5.07. The molecule has 10 heteroatoms. The fourth-order valence-corrected chi connectivity index (χ4v) is 3.49. The lowest BCUT2D eigenvalue weighted by molar-refractivity contribution is 0.617. The summed E-state index contributed by atoms with van der Waals surface area (Å²) in [6, 6.07) is 5.73. The molecule has 5 rings (SSSR count). The van der Waals surface area contributed by atoms with Gasteiger partial charge in [0.15, 0.2) is 17.5 Å². The molecule has 1 fully saturated rings. The van der Waals surface area contributed by atoms with Crippen LogP contribution >= 0.6 is 11.6 Å². The van der Waals surface area contributed by atoms with E-state index in [0.717, 1.165) is 35.8 Å². The second-order valence-corrected chi connectivity index (χ2v) is 7.55. The molecule has 3 N–H and O–H groups in total. The zero-order valence-corrected chi connectivity index (χ0v) is 16.3. The molecule has 8 nitrogen and oxygen atoms in total. The molecular formula is C19H18ClFN8. The van der Waals surface area contributed by atoms with Crippen molar-refractivity contribution in [2.75, 3.05) is 17.3 Å². The van der Waals surface area contributed by atoms with Crippen molar-refractivity contribution in [3.63, 3.8) is 0 Å². The van der Waals surface area contributed by atoms with Gasteiger partial charge in [-0.05, 0) is 24.5 Å². The van der Waals surface area contributed by atoms with Crippen molar-refractivity contribution < 1.29 is 4.39 Å². The number of benzene rings is 1. The largest absolute Gasteiger partial charge is 0.345 e. The Bertz CT molecular complexity index is 1180. The average molecular weight is 413 g/mol. The van der Waals surface area contributed by atoms with Crippen LogP contribution in [0.15, 0.2) is 30.7 Å². The highest BCUT2D eigenvalue weighted by Gasteiger charge is 2.25. The Morgan fingerprint density at radius 3 is 3.00 bits per heavy atom. The van der Waals surface area contributed by atoms with Gasteiger partial charge in [0.05, 0.1) is 23.1 Å². The van der Waals surface area contributed by atoms with Crippen molar-refractivity contribution in [1.29, 1.82) is 0 Å². The number of hydrogen-bond donors (Lipinski definition) is 3. The number of H-pyrrole nitrogens is 2. The minimum atomic E-state index is -0.547. The van der Waals surface area contributed by atoms with Crippen molar-refractivity contribution in [3.05, 3.63) is 52.8 Å². The fourth-order valence-electron chi connectivity index (χ4n) is 3.22. The van der Waals surface area contributed by atoms with Gasteiger partial charge >= 0.3 is 0 Å². The summed E-state index contributed by atoms with van der Waals surface area (Å²) in [4.78, 5) is 17.5. The summed E-state index contributed by atoms with van der Waals surface area (Å²) in [5.74, 6) is 0.959. The van der Waals surface area contributed by atoms with E-state index in [0.29, 0.717) is 34.8 Å². The Kier molecular flexibility index (Phi) is 4.31. The van der Waals surface area contributed by atoms with Crippen LogP contribution in [-0.2, 0) is 6.54 Å². The van der Waals surface area contributed by atoms with Crippen LogP contribution in [0.4, 0.5) is 22.0 Å². The van der Waals surface area contributed by atoms with E-state index in [1.807, 2.05) is 25.2 Å². The van der Waals surface area contributed by atoms with E-state index in [1.165, 1.54) is 0 Å². The van der Waals surface area contributed by atoms with Gasteiger partial charge in [0.25, 0.3) is 0 Å². The van der Waals surface area contributed by atoms with Gasteiger partial charge in [-0.15, -0.1) is 0 Å². The molecule has 0 bridgehead atoms. The lowest BCUT2D eigenvalue weighted by Crippen LogP contribution is -2.20. The highest BCUT2D eigenvalue weighted by atomic mass is 35.5. The normalized spacial score (nSPS) is 13.8. The third-order valence-corrected chi connectivity index (χ3v) is 5.37. The first-order valence-electron chi connectivity index (χ1n) is 9.25. The zero-order chi connectivity index (χ0) is 20.0. The van der Waals surface area contributed by atoms with E-state index < -0.39 is 5.82 Å². The summed E-state index contributed by atoms with van der Waals surface area (Å²) in [6.45, 7) is 0.445. The zero-order valence-electron chi connectivity index (χ0n) is 15.6. The Morgan fingerprint density at radius 2 is 2.17 bits per heavy atom. The Balaban J connectivity index is 1.36. The summed E-state index contributed by atoms with van der Waals surface area (Å²) in [7, 11) is 1.82. The van der Waals surface area contributed by atoms with Gasteiger partial charge in [-0.2, -0.15) is 10.1 Å². The van der Waals surface area contributed by atoms with Crippen LogP contribution in [0.25, 0.3) is 11.0 Å². The number of imidazole rings is 1. The van der Waals surface area contributed by atoms with Crippen LogP contribution in [0.5, 0.6) is 0 Å². The second-order valence-electron chi connectivity index (χ2n) is 7.17. The molecule has 0 radical (unpaired) electrons. The van der Waals surface area contributed by atoms with Gasteiger partial charge < -0.3 is 15.2 Å². The van der Waals surface area contributed by atoms with Crippen LogP contribution in [0.2, 0.25) is 5.02 Å².